The Bertz CT molecular complexity index is 404. The van der Waals surface area contributed by atoms with Gasteiger partial charge in [-0.1, -0.05) is 0 Å². The van der Waals surface area contributed by atoms with E-state index in [0.29, 0.717) is 6.54 Å². The summed E-state index contributed by atoms with van der Waals surface area (Å²) in [6.45, 7) is 0.635. The maximum Gasteiger partial charge on any atom is 0.324 e. The molecule has 0 aliphatic carbocycles. The third kappa shape index (κ3) is 1.52. The minimum atomic E-state index is 0.0210. The Kier molecular flexibility index (Phi) is 2.26. The summed E-state index contributed by atoms with van der Waals surface area (Å²) in [7, 11) is 5.22. The number of urea groups is 1. The fraction of sp³-hybridized carbons (Fsp3) is 0.364. The molecule has 0 bridgehead atoms. The number of fused-ring (bicyclic) bond motifs is 1. The van der Waals surface area contributed by atoms with E-state index >= 15 is 0 Å². The van der Waals surface area contributed by atoms with Crippen molar-refractivity contribution in [3.8, 4) is 5.75 Å². The molecular formula is C11H14N2O2. The average molecular weight is 206 g/mol. The summed E-state index contributed by atoms with van der Waals surface area (Å²) in [5, 5.41) is 0. The van der Waals surface area contributed by atoms with E-state index in [4.69, 9.17) is 4.74 Å². The van der Waals surface area contributed by atoms with E-state index in [2.05, 4.69) is 0 Å². The second-order valence-corrected chi connectivity index (χ2v) is 3.69. The van der Waals surface area contributed by atoms with Crippen LogP contribution in [0.25, 0.3) is 0 Å². The fourth-order valence-corrected chi connectivity index (χ4v) is 1.82. The van der Waals surface area contributed by atoms with E-state index in [-0.39, 0.29) is 6.03 Å². The van der Waals surface area contributed by atoms with E-state index in [9.17, 15) is 4.79 Å². The molecule has 0 unspecified atom stereocenters. The molecule has 0 saturated carbocycles. The van der Waals surface area contributed by atoms with Gasteiger partial charge in [0.25, 0.3) is 0 Å². The van der Waals surface area contributed by atoms with Crippen LogP contribution in [-0.2, 0) is 6.54 Å². The van der Waals surface area contributed by atoms with Crippen LogP contribution in [0.4, 0.5) is 10.5 Å². The first-order chi connectivity index (χ1) is 7.13. The summed E-state index contributed by atoms with van der Waals surface area (Å²) in [6.07, 6.45) is 0. The van der Waals surface area contributed by atoms with E-state index in [1.165, 1.54) is 0 Å². The maximum atomic E-state index is 11.7. The molecule has 0 saturated heterocycles. The number of methoxy groups -OCH3 is 1. The number of benzene rings is 1. The lowest BCUT2D eigenvalue weighted by molar-refractivity contribution is 0.212. The lowest BCUT2D eigenvalue weighted by Gasteiger charge is -2.32. The molecule has 0 atom stereocenters. The summed E-state index contributed by atoms with van der Waals surface area (Å²) in [5.74, 6) is 0.824. The Hall–Kier alpha value is -1.71. The number of anilines is 1. The van der Waals surface area contributed by atoms with Crippen LogP contribution in [0.2, 0.25) is 0 Å². The van der Waals surface area contributed by atoms with Crippen molar-refractivity contribution in [2.45, 2.75) is 6.54 Å². The van der Waals surface area contributed by atoms with Gasteiger partial charge in [0, 0.05) is 20.6 Å². The third-order valence-electron chi connectivity index (χ3n) is 2.67. The van der Waals surface area contributed by atoms with Crippen LogP contribution >= 0.6 is 0 Å². The van der Waals surface area contributed by atoms with Crippen LogP contribution in [-0.4, -0.2) is 32.1 Å². The van der Waals surface area contributed by atoms with Gasteiger partial charge in [-0.3, -0.25) is 4.90 Å². The SMILES string of the molecule is COc1ccc2c(c1)CN(C)C(=O)N2C. The Labute approximate surface area is 89.0 Å². The Morgan fingerprint density at radius 2 is 2.07 bits per heavy atom. The highest BCUT2D eigenvalue weighted by atomic mass is 16.5. The van der Waals surface area contributed by atoms with Crippen molar-refractivity contribution in [2.24, 2.45) is 0 Å². The highest BCUT2D eigenvalue weighted by molar-refractivity contribution is 5.94. The van der Waals surface area contributed by atoms with Gasteiger partial charge in [-0.25, -0.2) is 4.79 Å². The molecule has 15 heavy (non-hydrogen) atoms. The fourth-order valence-electron chi connectivity index (χ4n) is 1.82. The zero-order valence-electron chi connectivity index (χ0n) is 9.15. The Morgan fingerprint density at radius 1 is 1.33 bits per heavy atom. The van der Waals surface area contributed by atoms with Gasteiger partial charge in [0.15, 0.2) is 0 Å². The summed E-state index contributed by atoms with van der Waals surface area (Å²) in [4.78, 5) is 15.0. The number of ether oxygens (including phenoxy) is 1. The highest BCUT2D eigenvalue weighted by Gasteiger charge is 2.24. The Balaban J connectivity index is 2.45. The molecule has 1 heterocycles. The molecule has 0 N–H and O–H groups in total. The van der Waals surface area contributed by atoms with Crippen LogP contribution in [0.3, 0.4) is 0 Å². The van der Waals surface area contributed by atoms with Crippen molar-refractivity contribution < 1.29 is 9.53 Å². The molecule has 0 aromatic heterocycles. The largest absolute Gasteiger partial charge is 0.497 e. The molecule has 4 nitrogen and oxygen atoms in total. The van der Waals surface area contributed by atoms with Gasteiger partial charge in [0.1, 0.15) is 5.75 Å². The van der Waals surface area contributed by atoms with Crippen molar-refractivity contribution in [1.29, 1.82) is 0 Å². The number of hydrogen-bond donors (Lipinski definition) is 0. The summed E-state index contributed by atoms with van der Waals surface area (Å²) in [6, 6.07) is 5.77. The summed E-state index contributed by atoms with van der Waals surface area (Å²) >= 11 is 0. The summed E-state index contributed by atoms with van der Waals surface area (Å²) in [5.41, 5.74) is 2.07. The van der Waals surface area contributed by atoms with Gasteiger partial charge >= 0.3 is 6.03 Å². The second kappa shape index (κ2) is 3.46. The zero-order valence-corrected chi connectivity index (χ0v) is 9.15. The van der Waals surface area contributed by atoms with E-state index < -0.39 is 0 Å². The van der Waals surface area contributed by atoms with Gasteiger partial charge in [0.05, 0.1) is 12.8 Å². The molecule has 0 spiro atoms. The molecule has 1 aromatic carbocycles. The molecule has 0 fully saturated rings. The number of nitrogens with zero attached hydrogens (tertiary/aromatic N) is 2. The van der Waals surface area contributed by atoms with Crippen molar-refractivity contribution in [2.75, 3.05) is 26.1 Å². The monoisotopic (exact) mass is 206 g/mol. The molecule has 4 heteroatoms. The second-order valence-electron chi connectivity index (χ2n) is 3.69. The van der Waals surface area contributed by atoms with Crippen molar-refractivity contribution in [3.05, 3.63) is 23.8 Å². The first-order valence-electron chi connectivity index (χ1n) is 4.79. The standard InChI is InChI=1S/C11H14N2O2/c1-12-7-8-6-9(15-3)4-5-10(8)13(2)11(12)14/h4-6H,7H2,1-3H3. The number of carbonyl (C=O) groups is 1. The highest BCUT2D eigenvalue weighted by Crippen LogP contribution is 2.29. The van der Waals surface area contributed by atoms with Gasteiger partial charge in [0.2, 0.25) is 0 Å². The smallest absolute Gasteiger partial charge is 0.324 e. The number of hydrogen-bond acceptors (Lipinski definition) is 2. The first-order valence-corrected chi connectivity index (χ1v) is 4.79. The van der Waals surface area contributed by atoms with Gasteiger partial charge in [-0.05, 0) is 23.8 Å². The van der Waals surface area contributed by atoms with Crippen molar-refractivity contribution >= 4 is 11.7 Å². The van der Waals surface area contributed by atoms with E-state index in [1.54, 1.807) is 31.0 Å². The topological polar surface area (TPSA) is 32.8 Å². The predicted molar refractivity (Wildman–Crippen MR) is 58.3 cm³/mol. The quantitative estimate of drug-likeness (QED) is 0.700. The Morgan fingerprint density at radius 3 is 2.73 bits per heavy atom. The zero-order chi connectivity index (χ0) is 11.0. The summed E-state index contributed by atoms with van der Waals surface area (Å²) < 4.78 is 5.16. The lowest BCUT2D eigenvalue weighted by Crippen LogP contribution is -2.42. The lowest BCUT2D eigenvalue weighted by atomic mass is 10.1. The normalized spacial score (nSPS) is 15.3. The van der Waals surface area contributed by atoms with Crippen LogP contribution in [0.15, 0.2) is 18.2 Å². The predicted octanol–water partition coefficient (Wildman–Crippen LogP) is 1.70. The number of rotatable bonds is 1. The van der Waals surface area contributed by atoms with E-state index in [1.807, 2.05) is 18.2 Å². The molecule has 1 aliphatic rings. The van der Waals surface area contributed by atoms with Gasteiger partial charge in [-0.2, -0.15) is 0 Å². The molecule has 2 amide bonds. The van der Waals surface area contributed by atoms with Gasteiger partial charge < -0.3 is 9.64 Å². The van der Waals surface area contributed by atoms with Crippen LogP contribution in [0.1, 0.15) is 5.56 Å². The van der Waals surface area contributed by atoms with Gasteiger partial charge in [-0.15, -0.1) is 0 Å². The average Bonchev–Trinajstić information content (AvgIpc) is 2.25. The minimum absolute atomic E-state index is 0.0210. The van der Waals surface area contributed by atoms with Crippen LogP contribution < -0.4 is 9.64 Å². The first kappa shape index (κ1) is 9.83. The van der Waals surface area contributed by atoms with Crippen LogP contribution in [0, 0.1) is 0 Å². The molecule has 80 valence electrons. The molecule has 1 aliphatic heterocycles. The number of amides is 2. The van der Waals surface area contributed by atoms with Crippen LogP contribution in [0.5, 0.6) is 5.75 Å². The van der Waals surface area contributed by atoms with Crippen molar-refractivity contribution in [1.82, 2.24) is 4.90 Å². The van der Waals surface area contributed by atoms with Crippen molar-refractivity contribution in [3.63, 3.8) is 0 Å². The molecule has 0 radical (unpaired) electrons. The minimum Gasteiger partial charge on any atom is -0.497 e. The molecule has 1 aromatic rings. The molecule has 2 rings (SSSR count). The third-order valence-corrected chi connectivity index (χ3v) is 2.67. The van der Waals surface area contributed by atoms with E-state index in [0.717, 1.165) is 17.0 Å². The maximum absolute atomic E-state index is 11.7. The number of carbonyl (C=O) groups excluding carboxylic acids is 1. The molecular weight excluding hydrogens is 192 g/mol.